The van der Waals surface area contributed by atoms with Crippen LogP contribution in [0.25, 0.3) is 0 Å². The largest absolute Gasteiger partial charge is 0.493 e. The molecule has 2 aromatic heterocycles. The Morgan fingerprint density at radius 3 is 2.55 bits per heavy atom. The molecule has 0 saturated heterocycles. The molecule has 31 heavy (non-hydrogen) atoms. The highest BCUT2D eigenvalue weighted by Gasteiger charge is 2.11. The molecule has 1 aromatic carbocycles. The molecule has 2 N–H and O–H groups in total. The van der Waals surface area contributed by atoms with Crippen LogP contribution in [0.1, 0.15) is 48.9 Å². The molecular formula is C23H32N6OS. The van der Waals surface area contributed by atoms with Crippen LogP contribution in [0.2, 0.25) is 0 Å². The Labute approximate surface area is 188 Å². The average Bonchev–Trinajstić information content (AvgIpc) is 3.39. The Bertz CT molecular complexity index is 963. The van der Waals surface area contributed by atoms with E-state index in [1.165, 1.54) is 4.88 Å². The molecule has 3 aromatic rings. The number of aliphatic imine (C=N–C) groups is 1. The third-order valence-corrected chi connectivity index (χ3v) is 5.76. The van der Waals surface area contributed by atoms with E-state index < -0.39 is 0 Å². The lowest BCUT2D eigenvalue weighted by Crippen LogP contribution is -2.38. The minimum atomic E-state index is 0.0787. The maximum absolute atomic E-state index is 5.79. The molecule has 0 aliphatic rings. The molecule has 0 amide bonds. The molecular weight excluding hydrogens is 408 g/mol. The monoisotopic (exact) mass is 440 g/mol. The lowest BCUT2D eigenvalue weighted by molar-refractivity contribution is 0.271. The molecule has 0 spiro atoms. The smallest absolute Gasteiger partial charge is 0.192 e. The molecule has 0 saturated carbocycles. The zero-order chi connectivity index (χ0) is 22.2. The minimum Gasteiger partial charge on any atom is -0.493 e. The molecule has 0 aliphatic heterocycles. The summed E-state index contributed by atoms with van der Waals surface area (Å²) in [6, 6.07) is 12.5. The van der Waals surface area contributed by atoms with Gasteiger partial charge >= 0.3 is 0 Å². The number of rotatable bonds is 9. The van der Waals surface area contributed by atoms with Gasteiger partial charge in [0.25, 0.3) is 0 Å². The number of benzene rings is 1. The Morgan fingerprint density at radius 1 is 1.16 bits per heavy atom. The normalized spacial score (nSPS) is 12.8. The maximum atomic E-state index is 5.79. The predicted octanol–water partition coefficient (Wildman–Crippen LogP) is 4.22. The zero-order valence-corrected chi connectivity index (χ0v) is 19.7. The molecule has 1 atom stereocenters. The van der Waals surface area contributed by atoms with E-state index in [0.717, 1.165) is 42.1 Å². The fourth-order valence-corrected chi connectivity index (χ4v) is 3.52. The zero-order valence-electron chi connectivity index (χ0n) is 18.9. The van der Waals surface area contributed by atoms with E-state index in [-0.39, 0.29) is 6.04 Å². The van der Waals surface area contributed by atoms with Gasteiger partial charge in [0.15, 0.2) is 11.8 Å². The topological polar surface area (TPSA) is 76.4 Å². The number of hydrogen-bond acceptors (Lipinski definition) is 5. The van der Waals surface area contributed by atoms with Gasteiger partial charge in [-0.25, -0.2) is 4.99 Å². The van der Waals surface area contributed by atoms with Gasteiger partial charge in [0.05, 0.1) is 19.2 Å². The van der Waals surface area contributed by atoms with Crippen molar-refractivity contribution in [3.8, 4) is 5.75 Å². The number of nitrogens with one attached hydrogen (secondary N) is 2. The van der Waals surface area contributed by atoms with Crippen molar-refractivity contribution in [2.24, 2.45) is 18.0 Å². The SMILES string of the molecule is Cc1nnc(CN=C(NCc2cccs2)NC(C)c2ccc(OCC(C)C)cc2)n1C. The first kappa shape index (κ1) is 22.8. The highest BCUT2D eigenvalue weighted by atomic mass is 32.1. The molecule has 2 heterocycles. The summed E-state index contributed by atoms with van der Waals surface area (Å²) in [5, 5.41) is 17.3. The summed E-state index contributed by atoms with van der Waals surface area (Å²) in [4.78, 5) is 6.00. The van der Waals surface area contributed by atoms with Crippen LogP contribution in [0.3, 0.4) is 0 Å². The number of ether oxygens (including phenoxy) is 1. The molecule has 1 unspecified atom stereocenters. The van der Waals surface area contributed by atoms with Crippen LogP contribution in [0, 0.1) is 12.8 Å². The van der Waals surface area contributed by atoms with Gasteiger partial charge in [-0.15, -0.1) is 21.5 Å². The number of aromatic nitrogens is 3. The summed E-state index contributed by atoms with van der Waals surface area (Å²) in [5.41, 5.74) is 1.16. The van der Waals surface area contributed by atoms with Crippen LogP contribution in [0.15, 0.2) is 46.8 Å². The number of guanidine groups is 1. The van der Waals surface area contributed by atoms with Gasteiger partial charge in [-0.05, 0) is 48.9 Å². The molecule has 3 rings (SSSR count). The molecule has 7 nitrogen and oxygen atoms in total. The van der Waals surface area contributed by atoms with Crippen molar-refractivity contribution in [1.82, 2.24) is 25.4 Å². The van der Waals surface area contributed by atoms with Gasteiger partial charge < -0.3 is 19.9 Å². The van der Waals surface area contributed by atoms with Gasteiger partial charge in [0, 0.05) is 11.9 Å². The lowest BCUT2D eigenvalue weighted by atomic mass is 10.1. The molecule has 0 bridgehead atoms. The van der Waals surface area contributed by atoms with Crippen molar-refractivity contribution in [3.05, 3.63) is 63.9 Å². The van der Waals surface area contributed by atoms with Gasteiger partial charge in [0.2, 0.25) is 0 Å². The highest BCUT2D eigenvalue weighted by molar-refractivity contribution is 7.09. The second-order valence-corrected chi connectivity index (χ2v) is 8.99. The van der Waals surface area contributed by atoms with Crippen LogP contribution < -0.4 is 15.4 Å². The van der Waals surface area contributed by atoms with E-state index in [2.05, 4.69) is 71.2 Å². The summed E-state index contributed by atoms with van der Waals surface area (Å²) in [6.07, 6.45) is 0. The third kappa shape index (κ3) is 6.82. The molecule has 166 valence electrons. The molecule has 8 heteroatoms. The van der Waals surface area contributed by atoms with Gasteiger partial charge in [-0.2, -0.15) is 0 Å². The van der Waals surface area contributed by atoms with Crippen LogP contribution in [0.5, 0.6) is 5.75 Å². The number of aryl methyl sites for hydroxylation is 1. The fourth-order valence-electron chi connectivity index (χ4n) is 2.88. The summed E-state index contributed by atoms with van der Waals surface area (Å²) in [5.74, 6) is 3.84. The van der Waals surface area contributed by atoms with Crippen molar-refractivity contribution < 1.29 is 4.74 Å². The van der Waals surface area contributed by atoms with E-state index >= 15 is 0 Å². The van der Waals surface area contributed by atoms with Crippen molar-refractivity contribution in [2.45, 2.75) is 46.8 Å². The Balaban J connectivity index is 1.67. The Hall–Kier alpha value is -2.87. The van der Waals surface area contributed by atoms with E-state index in [0.29, 0.717) is 12.5 Å². The minimum absolute atomic E-state index is 0.0787. The number of hydrogen-bond donors (Lipinski definition) is 2. The van der Waals surface area contributed by atoms with Gasteiger partial charge in [-0.3, -0.25) is 0 Å². The molecule has 0 aliphatic carbocycles. The van der Waals surface area contributed by atoms with Gasteiger partial charge in [-0.1, -0.05) is 32.0 Å². The quantitative estimate of drug-likeness (QED) is 0.385. The lowest BCUT2D eigenvalue weighted by Gasteiger charge is -2.19. The van der Waals surface area contributed by atoms with Gasteiger partial charge in [0.1, 0.15) is 18.1 Å². The first-order valence-corrected chi connectivity index (χ1v) is 11.4. The highest BCUT2D eigenvalue weighted by Crippen LogP contribution is 2.18. The third-order valence-electron chi connectivity index (χ3n) is 4.89. The second-order valence-electron chi connectivity index (χ2n) is 7.96. The second kappa shape index (κ2) is 10.9. The van der Waals surface area contributed by atoms with E-state index in [4.69, 9.17) is 9.73 Å². The number of thiophene rings is 1. The van der Waals surface area contributed by atoms with E-state index in [9.17, 15) is 0 Å². The predicted molar refractivity (Wildman–Crippen MR) is 126 cm³/mol. The van der Waals surface area contributed by atoms with E-state index in [1.54, 1.807) is 11.3 Å². The molecule has 0 radical (unpaired) electrons. The van der Waals surface area contributed by atoms with Crippen molar-refractivity contribution in [2.75, 3.05) is 6.61 Å². The van der Waals surface area contributed by atoms with Crippen LogP contribution >= 0.6 is 11.3 Å². The Kier molecular flexibility index (Phi) is 8.06. The van der Waals surface area contributed by atoms with E-state index in [1.807, 2.05) is 30.7 Å². The summed E-state index contributed by atoms with van der Waals surface area (Å²) in [7, 11) is 1.96. The first-order chi connectivity index (χ1) is 14.9. The summed E-state index contributed by atoms with van der Waals surface area (Å²) in [6.45, 7) is 10.2. The summed E-state index contributed by atoms with van der Waals surface area (Å²) >= 11 is 1.72. The Morgan fingerprint density at radius 2 is 1.94 bits per heavy atom. The summed E-state index contributed by atoms with van der Waals surface area (Å²) < 4.78 is 7.75. The van der Waals surface area contributed by atoms with Crippen molar-refractivity contribution in [1.29, 1.82) is 0 Å². The van der Waals surface area contributed by atoms with Crippen molar-refractivity contribution in [3.63, 3.8) is 0 Å². The number of nitrogens with zero attached hydrogens (tertiary/aromatic N) is 4. The maximum Gasteiger partial charge on any atom is 0.192 e. The van der Waals surface area contributed by atoms with Crippen molar-refractivity contribution >= 4 is 17.3 Å². The standard InChI is InChI=1S/C23H32N6OS/c1-16(2)15-30-20-10-8-19(9-11-20)17(3)26-23(24-13-21-7-6-12-31-21)25-14-22-28-27-18(4)29(22)5/h6-12,16-17H,13-15H2,1-5H3,(H2,24,25,26). The van der Waals surface area contributed by atoms with Crippen LogP contribution in [-0.2, 0) is 20.1 Å². The first-order valence-electron chi connectivity index (χ1n) is 10.6. The van der Waals surface area contributed by atoms with Crippen LogP contribution in [-0.4, -0.2) is 27.3 Å². The fraction of sp³-hybridized carbons (Fsp3) is 0.435. The molecule has 0 fully saturated rings. The average molecular weight is 441 g/mol. The van der Waals surface area contributed by atoms with Crippen LogP contribution in [0.4, 0.5) is 0 Å².